The van der Waals surface area contributed by atoms with Gasteiger partial charge in [-0.1, -0.05) is 136 Å². The van der Waals surface area contributed by atoms with Crippen molar-refractivity contribution in [1.82, 2.24) is 0 Å². The predicted octanol–water partition coefficient (Wildman–Crippen LogP) is 9.58. The lowest BCUT2D eigenvalue weighted by molar-refractivity contribution is -0.141. The van der Waals surface area contributed by atoms with Gasteiger partial charge in [0.15, 0.2) is 15.3 Å². The topological polar surface area (TPSA) is 112 Å². The minimum atomic E-state index is -1.43. The van der Waals surface area contributed by atoms with Crippen LogP contribution in [0, 0.1) is 28.6 Å². The van der Waals surface area contributed by atoms with Crippen LogP contribution in [0.5, 0.6) is 0 Å². The smallest absolute Gasteiger partial charge is 0.189 e. The highest BCUT2D eigenvalue weighted by Gasteiger charge is 2.54. The van der Waals surface area contributed by atoms with Gasteiger partial charge >= 0.3 is 0 Å². The van der Waals surface area contributed by atoms with E-state index in [-0.39, 0.29) is 34.6 Å². The normalized spacial score (nSPS) is 15.3. The molecular weight excluding hydrogens is 649 g/mol. The molecule has 0 aromatic rings. The molecule has 0 fully saturated rings. The largest absolute Gasteiger partial charge is 0.396 e. The van der Waals surface area contributed by atoms with E-state index in [1.54, 1.807) is 0 Å². The van der Waals surface area contributed by atoms with Crippen LogP contribution in [0.4, 0.5) is 0 Å². The predicted molar refractivity (Wildman–Crippen MR) is 206 cm³/mol. The van der Waals surface area contributed by atoms with Gasteiger partial charge in [-0.25, -0.2) is 0 Å². The van der Waals surface area contributed by atoms with Crippen LogP contribution in [0.25, 0.3) is 0 Å². The molecule has 0 aromatic carbocycles. The maximum absolute atomic E-state index is 13.1. The second-order valence-electron chi connectivity index (χ2n) is 14.4. The van der Waals surface area contributed by atoms with E-state index >= 15 is 0 Å². The molecule has 3 N–H and O–H groups in total. The third-order valence-electron chi connectivity index (χ3n) is 10.7. The number of hydrogen-bond donors (Lipinski definition) is 6. The quantitative estimate of drug-likeness (QED) is 0.0292. The summed E-state index contributed by atoms with van der Waals surface area (Å²) in [7, 11) is 0. The Kier molecular flexibility index (Phi) is 28.6. The Morgan fingerprint density at radius 3 is 0.872 bits per heavy atom. The Morgan fingerprint density at radius 1 is 0.426 bits per heavy atom. The summed E-state index contributed by atoms with van der Waals surface area (Å²) in [5, 5.41) is 31.9. The van der Waals surface area contributed by atoms with Gasteiger partial charge < -0.3 is 15.3 Å². The molecule has 0 saturated carbocycles. The number of aliphatic hydroxyl groups is 3. The van der Waals surface area contributed by atoms with Crippen LogP contribution in [0.3, 0.4) is 0 Å². The number of carbonyl (C=O) groups is 3. The first kappa shape index (κ1) is 46.9. The Bertz CT molecular complexity index is 723. The highest BCUT2D eigenvalue weighted by atomic mass is 32.1. The summed E-state index contributed by atoms with van der Waals surface area (Å²) >= 11 is 12.9. The number of unbranched alkanes of at least 4 members (excludes halogenated alkanes) is 15. The van der Waals surface area contributed by atoms with Crippen LogP contribution in [-0.4, -0.2) is 50.5 Å². The van der Waals surface area contributed by atoms with E-state index in [1.807, 2.05) is 0 Å². The highest BCUT2D eigenvalue weighted by molar-refractivity contribution is 7.97. The minimum absolute atomic E-state index is 0.216. The van der Waals surface area contributed by atoms with Gasteiger partial charge in [0.1, 0.15) is 0 Å². The molecule has 6 nitrogen and oxygen atoms in total. The van der Waals surface area contributed by atoms with Crippen LogP contribution in [0.1, 0.15) is 175 Å². The molecule has 3 atom stereocenters. The van der Waals surface area contributed by atoms with Crippen molar-refractivity contribution < 1.29 is 29.7 Å². The fourth-order valence-corrected chi connectivity index (χ4v) is 8.08. The van der Waals surface area contributed by atoms with Crippen molar-refractivity contribution in [3.8, 4) is 0 Å². The summed E-state index contributed by atoms with van der Waals surface area (Å²) < 4.78 is 0. The second kappa shape index (κ2) is 28.6. The highest BCUT2D eigenvalue weighted by Crippen LogP contribution is 2.55. The van der Waals surface area contributed by atoms with E-state index in [0.717, 1.165) is 96.3 Å². The number of rotatable bonds is 34. The van der Waals surface area contributed by atoms with Crippen LogP contribution in [0.15, 0.2) is 0 Å². The molecule has 47 heavy (non-hydrogen) atoms. The van der Waals surface area contributed by atoms with Crippen molar-refractivity contribution in [3.05, 3.63) is 0 Å². The average Bonchev–Trinajstić information content (AvgIpc) is 3.04. The lowest BCUT2D eigenvalue weighted by atomic mass is 9.53. The van der Waals surface area contributed by atoms with Crippen molar-refractivity contribution in [2.75, 3.05) is 19.8 Å². The van der Waals surface area contributed by atoms with Crippen LogP contribution in [0.2, 0.25) is 0 Å². The van der Waals surface area contributed by atoms with Gasteiger partial charge in [0.05, 0.1) is 19.8 Å². The van der Waals surface area contributed by atoms with Crippen molar-refractivity contribution in [2.24, 2.45) is 28.6 Å². The molecule has 0 heterocycles. The van der Waals surface area contributed by atoms with Crippen LogP contribution >= 0.6 is 37.9 Å². The fourth-order valence-electron chi connectivity index (χ4n) is 7.42. The second-order valence-corrected chi connectivity index (χ2v) is 15.7. The number of carbonyl (C=O) groups excluding carboxylic acids is 3. The molecule has 0 aromatic heterocycles. The Labute approximate surface area is 305 Å². The standard InChI is InChI=1S/C38H72O6S3/c1-4-7-10-13-16-19-22-31(34(42)45)25-37(38(28-39,29-40)30-41,26-32(35(43)46)23-20-17-14-11-8-5-2)27-33(36(44)47)24-21-18-15-12-9-6-3/h31-33,39-41H,4-30H2,1-3H3,(H,42,45)(H,43,46)(H,44,47). The summed E-state index contributed by atoms with van der Waals surface area (Å²) in [5.74, 6) is -1.53. The zero-order valence-corrected chi connectivity index (χ0v) is 32.9. The molecule has 278 valence electrons. The Balaban J connectivity index is 6.65. The first-order valence-electron chi connectivity index (χ1n) is 19.0. The van der Waals surface area contributed by atoms with E-state index in [9.17, 15) is 29.7 Å². The molecule has 0 aliphatic rings. The number of hydrogen-bond acceptors (Lipinski definition) is 6. The monoisotopic (exact) mass is 720 g/mol. The van der Waals surface area contributed by atoms with Gasteiger partial charge in [-0.3, -0.25) is 14.4 Å². The van der Waals surface area contributed by atoms with Crippen molar-refractivity contribution in [3.63, 3.8) is 0 Å². The lowest BCUT2D eigenvalue weighted by Crippen LogP contribution is -2.54. The Hall–Kier alpha value is -0.0600. The summed E-state index contributed by atoms with van der Waals surface area (Å²) in [6, 6.07) is 0. The average molecular weight is 721 g/mol. The molecule has 0 bridgehead atoms. The molecule has 0 saturated heterocycles. The first-order valence-corrected chi connectivity index (χ1v) is 20.4. The molecule has 0 aliphatic heterocycles. The summed E-state index contributed by atoms with van der Waals surface area (Å²) in [4.78, 5) is 39.4. The van der Waals surface area contributed by atoms with Gasteiger partial charge in [0, 0.05) is 23.2 Å². The lowest BCUT2D eigenvalue weighted by Gasteiger charge is -2.52. The number of thiol groups is 3. The maximum Gasteiger partial charge on any atom is 0.189 e. The fraction of sp³-hybridized carbons (Fsp3) is 0.921. The van der Waals surface area contributed by atoms with Gasteiger partial charge in [0.2, 0.25) is 0 Å². The van der Waals surface area contributed by atoms with Crippen LogP contribution < -0.4 is 0 Å². The molecule has 0 radical (unpaired) electrons. The zero-order valence-electron chi connectivity index (χ0n) is 30.2. The molecule has 0 spiro atoms. The molecule has 0 rings (SSSR count). The van der Waals surface area contributed by atoms with Gasteiger partial charge in [-0.05, 0) is 43.9 Å². The van der Waals surface area contributed by atoms with Gasteiger partial charge in [-0.2, -0.15) is 0 Å². The van der Waals surface area contributed by atoms with E-state index < -0.39 is 48.4 Å². The van der Waals surface area contributed by atoms with Gasteiger partial charge in [0.25, 0.3) is 0 Å². The molecule has 3 unspecified atom stereocenters. The summed E-state index contributed by atoms with van der Waals surface area (Å²) in [6.45, 7) is 4.90. The third-order valence-corrected chi connectivity index (χ3v) is 11.8. The van der Waals surface area contributed by atoms with E-state index in [1.165, 1.54) is 19.3 Å². The zero-order chi connectivity index (χ0) is 35.6. The molecule has 0 aliphatic carbocycles. The SMILES string of the molecule is CCCCCCCCC(CC(CC(CCCCCCCC)C(=O)S)(CC(CCCCCCCC)C(=O)S)C(CO)(CO)CO)C(=O)S. The van der Waals surface area contributed by atoms with Crippen LogP contribution in [-0.2, 0) is 14.4 Å². The van der Waals surface area contributed by atoms with Crippen molar-refractivity contribution >= 4 is 53.2 Å². The molecule has 9 heteroatoms. The Morgan fingerprint density at radius 2 is 0.660 bits per heavy atom. The van der Waals surface area contributed by atoms with E-state index in [2.05, 4.69) is 58.7 Å². The van der Waals surface area contributed by atoms with Gasteiger partial charge in [-0.15, -0.1) is 37.9 Å². The van der Waals surface area contributed by atoms with E-state index in [4.69, 9.17) is 0 Å². The van der Waals surface area contributed by atoms with Crippen molar-refractivity contribution in [2.45, 2.75) is 175 Å². The first-order chi connectivity index (χ1) is 22.5. The molecular formula is C38H72O6S3. The van der Waals surface area contributed by atoms with Crippen molar-refractivity contribution in [1.29, 1.82) is 0 Å². The van der Waals surface area contributed by atoms with E-state index in [0.29, 0.717) is 19.3 Å². The maximum atomic E-state index is 13.1. The number of aliphatic hydroxyl groups excluding tert-OH is 3. The summed E-state index contributed by atoms with van der Waals surface area (Å²) in [6.07, 6.45) is 21.6. The summed E-state index contributed by atoms with van der Waals surface area (Å²) in [5.41, 5.74) is -2.53. The third kappa shape index (κ3) is 18.7. The minimum Gasteiger partial charge on any atom is -0.396 e. The molecule has 0 amide bonds.